The van der Waals surface area contributed by atoms with Gasteiger partial charge in [-0.25, -0.2) is 0 Å². The fraction of sp³-hybridized carbons (Fsp3) is 0.200. The Balaban J connectivity index is 2.29. The van der Waals surface area contributed by atoms with Gasteiger partial charge in [-0.15, -0.1) is 0 Å². The predicted octanol–water partition coefficient (Wildman–Crippen LogP) is 2.92. The minimum atomic E-state index is -1.31. The number of hydrogen-bond donors (Lipinski definition) is 1. The molecule has 2 aromatic rings. The molecule has 1 N–H and O–H groups in total. The van der Waals surface area contributed by atoms with E-state index < -0.39 is 5.79 Å². The first kappa shape index (κ1) is 11.1. The molecule has 0 spiro atoms. The molecule has 0 fully saturated rings. The normalized spacial score (nSPS) is 20.6. The van der Waals surface area contributed by atoms with Crippen molar-refractivity contribution >= 4 is 0 Å². The van der Waals surface area contributed by atoms with E-state index in [4.69, 9.17) is 9.47 Å². The van der Waals surface area contributed by atoms with Gasteiger partial charge in [-0.2, -0.15) is 0 Å². The molecular formula is C15H14O3. The van der Waals surface area contributed by atoms with Crippen LogP contribution in [-0.4, -0.2) is 12.2 Å². The van der Waals surface area contributed by atoms with Gasteiger partial charge in [-0.3, -0.25) is 0 Å². The third-order valence-corrected chi connectivity index (χ3v) is 3.21. The lowest BCUT2D eigenvalue weighted by molar-refractivity contribution is -0.130. The molecule has 1 aliphatic heterocycles. The summed E-state index contributed by atoms with van der Waals surface area (Å²) in [4.78, 5) is 0. The van der Waals surface area contributed by atoms with Gasteiger partial charge in [0.2, 0.25) is 5.79 Å². The van der Waals surface area contributed by atoms with Crippen LogP contribution in [0, 0.1) is 0 Å². The van der Waals surface area contributed by atoms with Gasteiger partial charge in [0.15, 0.2) is 0 Å². The van der Waals surface area contributed by atoms with E-state index in [2.05, 4.69) is 0 Å². The molecule has 0 radical (unpaired) electrons. The van der Waals surface area contributed by atoms with Gasteiger partial charge in [-0.05, 0) is 29.8 Å². The number of para-hydroxylation sites is 1. The summed E-state index contributed by atoms with van der Waals surface area (Å²) in [6.45, 7) is 1.65. The van der Waals surface area contributed by atoms with Gasteiger partial charge < -0.3 is 14.6 Å². The first-order valence-electron chi connectivity index (χ1n) is 5.81. The number of rotatable bonds is 1. The van der Waals surface area contributed by atoms with Crippen LogP contribution in [0.5, 0.6) is 11.5 Å². The number of fused-ring (bicyclic) bond motifs is 3. The van der Waals surface area contributed by atoms with Crippen LogP contribution in [0.15, 0.2) is 42.5 Å². The zero-order valence-corrected chi connectivity index (χ0v) is 10.3. The molecule has 1 aliphatic rings. The van der Waals surface area contributed by atoms with Crippen LogP contribution < -0.4 is 9.47 Å². The zero-order chi connectivity index (χ0) is 12.8. The SMILES string of the molecule is COc1ccc2c(c1)-c1ccccc1OC2(C)O. The van der Waals surface area contributed by atoms with Crippen molar-refractivity contribution < 1.29 is 14.6 Å². The summed E-state index contributed by atoms with van der Waals surface area (Å²) < 4.78 is 10.9. The average molecular weight is 242 g/mol. The molecule has 3 rings (SSSR count). The Morgan fingerprint density at radius 3 is 2.67 bits per heavy atom. The molecule has 1 unspecified atom stereocenters. The first-order valence-corrected chi connectivity index (χ1v) is 5.81. The second-order valence-electron chi connectivity index (χ2n) is 4.49. The molecule has 1 atom stereocenters. The number of benzene rings is 2. The molecule has 0 aromatic heterocycles. The summed E-state index contributed by atoms with van der Waals surface area (Å²) in [5.74, 6) is 0.139. The lowest BCUT2D eigenvalue weighted by atomic mass is 9.91. The van der Waals surface area contributed by atoms with Crippen molar-refractivity contribution in [3.63, 3.8) is 0 Å². The van der Waals surface area contributed by atoms with Gasteiger partial charge in [0.25, 0.3) is 0 Å². The summed E-state index contributed by atoms with van der Waals surface area (Å²) in [5, 5.41) is 10.4. The van der Waals surface area contributed by atoms with E-state index >= 15 is 0 Å². The Morgan fingerprint density at radius 1 is 1.11 bits per heavy atom. The molecule has 0 aliphatic carbocycles. The second kappa shape index (κ2) is 3.75. The molecule has 0 saturated heterocycles. The standard InChI is InChI=1S/C15H14O3/c1-15(16)13-8-7-10(17-2)9-12(13)11-5-3-4-6-14(11)18-15/h3-9,16H,1-2H3. The Bertz CT molecular complexity index is 602. The molecule has 18 heavy (non-hydrogen) atoms. The van der Waals surface area contributed by atoms with Crippen LogP contribution in [0.2, 0.25) is 0 Å². The predicted molar refractivity (Wildman–Crippen MR) is 68.6 cm³/mol. The van der Waals surface area contributed by atoms with E-state index in [1.54, 1.807) is 14.0 Å². The summed E-state index contributed by atoms with van der Waals surface area (Å²) in [5.41, 5.74) is 2.67. The highest BCUT2D eigenvalue weighted by Gasteiger charge is 2.34. The van der Waals surface area contributed by atoms with Crippen LogP contribution in [0.25, 0.3) is 11.1 Å². The Hall–Kier alpha value is -2.00. The topological polar surface area (TPSA) is 38.7 Å². The molecular weight excluding hydrogens is 228 g/mol. The Labute approximate surface area is 106 Å². The van der Waals surface area contributed by atoms with E-state index in [1.165, 1.54) is 0 Å². The number of ether oxygens (including phenoxy) is 2. The van der Waals surface area contributed by atoms with Gasteiger partial charge in [0.05, 0.1) is 7.11 Å². The van der Waals surface area contributed by atoms with E-state index in [-0.39, 0.29) is 0 Å². The molecule has 2 aromatic carbocycles. The summed E-state index contributed by atoms with van der Waals surface area (Å²) in [6.07, 6.45) is 0. The van der Waals surface area contributed by atoms with Crippen molar-refractivity contribution in [2.45, 2.75) is 12.7 Å². The molecule has 0 saturated carbocycles. The average Bonchev–Trinajstić information content (AvgIpc) is 2.37. The summed E-state index contributed by atoms with van der Waals surface area (Å²) in [7, 11) is 1.63. The van der Waals surface area contributed by atoms with Crippen molar-refractivity contribution in [3.05, 3.63) is 48.0 Å². The number of aliphatic hydroxyl groups is 1. The highest BCUT2D eigenvalue weighted by molar-refractivity contribution is 5.77. The van der Waals surface area contributed by atoms with E-state index in [0.717, 1.165) is 22.4 Å². The van der Waals surface area contributed by atoms with Gasteiger partial charge in [0.1, 0.15) is 11.5 Å². The minimum Gasteiger partial charge on any atom is -0.497 e. The Kier molecular flexibility index (Phi) is 2.31. The maximum Gasteiger partial charge on any atom is 0.232 e. The van der Waals surface area contributed by atoms with Crippen LogP contribution in [0.3, 0.4) is 0 Å². The molecule has 0 bridgehead atoms. The van der Waals surface area contributed by atoms with Gasteiger partial charge >= 0.3 is 0 Å². The molecule has 1 heterocycles. The zero-order valence-electron chi connectivity index (χ0n) is 10.3. The first-order chi connectivity index (χ1) is 8.62. The molecule has 92 valence electrons. The van der Waals surface area contributed by atoms with E-state index in [1.807, 2.05) is 42.5 Å². The van der Waals surface area contributed by atoms with Crippen molar-refractivity contribution in [1.82, 2.24) is 0 Å². The fourth-order valence-electron chi connectivity index (χ4n) is 2.32. The van der Waals surface area contributed by atoms with Crippen molar-refractivity contribution in [1.29, 1.82) is 0 Å². The van der Waals surface area contributed by atoms with E-state index in [9.17, 15) is 5.11 Å². The number of methoxy groups -OCH3 is 1. The number of hydrogen-bond acceptors (Lipinski definition) is 3. The highest BCUT2D eigenvalue weighted by Crippen LogP contribution is 2.44. The highest BCUT2D eigenvalue weighted by atomic mass is 16.6. The third-order valence-electron chi connectivity index (χ3n) is 3.21. The fourth-order valence-corrected chi connectivity index (χ4v) is 2.32. The largest absolute Gasteiger partial charge is 0.497 e. The lowest BCUT2D eigenvalue weighted by Crippen LogP contribution is -2.32. The third kappa shape index (κ3) is 1.56. The van der Waals surface area contributed by atoms with Crippen molar-refractivity contribution in [3.8, 4) is 22.6 Å². The molecule has 0 amide bonds. The Morgan fingerprint density at radius 2 is 1.89 bits per heavy atom. The maximum absolute atomic E-state index is 10.4. The summed E-state index contributed by atoms with van der Waals surface area (Å²) >= 11 is 0. The van der Waals surface area contributed by atoms with Crippen molar-refractivity contribution in [2.24, 2.45) is 0 Å². The van der Waals surface area contributed by atoms with Crippen LogP contribution in [0.4, 0.5) is 0 Å². The van der Waals surface area contributed by atoms with Gasteiger partial charge in [-0.1, -0.05) is 18.2 Å². The quantitative estimate of drug-likeness (QED) is 0.835. The smallest absolute Gasteiger partial charge is 0.232 e. The van der Waals surface area contributed by atoms with Crippen LogP contribution in [0.1, 0.15) is 12.5 Å². The lowest BCUT2D eigenvalue weighted by Gasteiger charge is -2.33. The van der Waals surface area contributed by atoms with Gasteiger partial charge in [0, 0.05) is 18.1 Å². The maximum atomic E-state index is 10.4. The molecule has 3 nitrogen and oxygen atoms in total. The second-order valence-corrected chi connectivity index (χ2v) is 4.49. The van der Waals surface area contributed by atoms with Crippen molar-refractivity contribution in [2.75, 3.05) is 7.11 Å². The minimum absolute atomic E-state index is 0.684. The summed E-state index contributed by atoms with van der Waals surface area (Å²) in [6, 6.07) is 13.3. The van der Waals surface area contributed by atoms with Crippen LogP contribution >= 0.6 is 0 Å². The van der Waals surface area contributed by atoms with E-state index in [0.29, 0.717) is 5.75 Å². The monoisotopic (exact) mass is 242 g/mol. The molecule has 3 heteroatoms. The van der Waals surface area contributed by atoms with Crippen LogP contribution in [-0.2, 0) is 5.79 Å².